The van der Waals surface area contributed by atoms with E-state index in [0.717, 1.165) is 25.5 Å². The zero-order chi connectivity index (χ0) is 31.0. The first-order valence-electron chi connectivity index (χ1n) is 13.8. The normalized spacial score (nSPS) is 11.9. The molecule has 4 rings (SSSR count). The lowest BCUT2D eigenvalue weighted by Gasteiger charge is -2.34. The van der Waals surface area contributed by atoms with Crippen molar-refractivity contribution in [1.29, 1.82) is 0 Å². The van der Waals surface area contributed by atoms with Crippen molar-refractivity contribution < 1.29 is 18.0 Å². The summed E-state index contributed by atoms with van der Waals surface area (Å²) >= 11 is 9.52. The molecule has 0 aliphatic rings. The number of hydrogen-bond donors (Lipinski definition) is 1. The predicted molar refractivity (Wildman–Crippen MR) is 174 cm³/mol. The number of nitrogens with one attached hydrogen (secondary N) is 1. The zero-order valence-corrected chi connectivity index (χ0v) is 27.1. The van der Waals surface area contributed by atoms with Crippen molar-refractivity contribution >= 4 is 55.1 Å². The fourth-order valence-electron chi connectivity index (χ4n) is 4.65. The van der Waals surface area contributed by atoms with Crippen LogP contribution in [-0.2, 0) is 32.6 Å². The molecule has 0 aliphatic carbocycles. The van der Waals surface area contributed by atoms with Crippen LogP contribution in [0.4, 0.5) is 5.69 Å². The molecule has 10 heteroatoms. The molecule has 0 radical (unpaired) electrons. The third kappa shape index (κ3) is 8.46. The van der Waals surface area contributed by atoms with E-state index in [1.54, 1.807) is 24.3 Å². The Kier molecular flexibility index (Phi) is 11.0. The molecule has 4 aromatic carbocycles. The summed E-state index contributed by atoms with van der Waals surface area (Å²) in [6, 6.07) is 28.7. The van der Waals surface area contributed by atoms with Crippen LogP contribution in [0.3, 0.4) is 0 Å². The molecular formula is C33H33BrClN3O4S. The summed E-state index contributed by atoms with van der Waals surface area (Å²) in [4.78, 5) is 29.4. The van der Waals surface area contributed by atoms with E-state index in [2.05, 4.69) is 21.2 Å². The van der Waals surface area contributed by atoms with Gasteiger partial charge >= 0.3 is 0 Å². The van der Waals surface area contributed by atoms with Crippen LogP contribution >= 0.6 is 27.5 Å². The highest BCUT2D eigenvalue weighted by atomic mass is 79.9. The average molecular weight is 683 g/mol. The number of aryl methyl sites for hydroxylation is 1. The molecule has 0 spiro atoms. The van der Waals surface area contributed by atoms with Crippen molar-refractivity contribution in [2.75, 3.05) is 17.4 Å². The van der Waals surface area contributed by atoms with Gasteiger partial charge in [0, 0.05) is 29.0 Å². The molecule has 224 valence electrons. The van der Waals surface area contributed by atoms with Crippen LogP contribution in [0.15, 0.2) is 112 Å². The molecule has 0 fully saturated rings. The van der Waals surface area contributed by atoms with E-state index >= 15 is 0 Å². The Hall–Kier alpha value is -3.66. The third-order valence-electron chi connectivity index (χ3n) is 6.87. The zero-order valence-electron chi connectivity index (χ0n) is 23.9. The van der Waals surface area contributed by atoms with Crippen LogP contribution in [0, 0.1) is 6.92 Å². The van der Waals surface area contributed by atoms with E-state index in [-0.39, 0.29) is 23.8 Å². The number of carbonyl (C=O) groups is 2. The fraction of sp³-hybridized carbons (Fsp3) is 0.212. The average Bonchev–Trinajstić information content (AvgIpc) is 2.99. The highest BCUT2D eigenvalue weighted by molar-refractivity contribution is 9.10. The molecule has 0 aliphatic heterocycles. The van der Waals surface area contributed by atoms with Gasteiger partial charge in [-0.1, -0.05) is 87.7 Å². The summed E-state index contributed by atoms with van der Waals surface area (Å²) in [6.45, 7) is 3.66. The van der Waals surface area contributed by atoms with Crippen molar-refractivity contribution in [2.45, 2.75) is 37.8 Å². The Morgan fingerprint density at radius 1 is 0.884 bits per heavy atom. The predicted octanol–water partition coefficient (Wildman–Crippen LogP) is 6.38. The number of sulfonamides is 1. The number of anilines is 1. The van der Waals surface area contributed by atoms with Gasteiger partial charge in [-0.25, -0.2) is 8.42 Å². The van der Waals surface area contributed by atoms with Gasteiger partial charge in [0.25, 0.3) is 10.0 Å². The number of halogens is 2. The monoisotopic (exact) mass is 681 g/mol. The molecular weight excluding hydrogens is 650 g/mol. The summed E-state index contributed by atoms with van der Waals surface area (Å²) in [5.74, 6) is -0.845. The van der Waals surface area contributed by atoms with E-state index in [9.17, 15) is 18.0 Å². The molecule has 0 saturated heterocycles. The van der Waals surface area contributed by atoms with Crippen LogP contribution in [0.2, 0.25) is 5.02 Å². The van der Waals surface area contributed by atoms with Gasteiger partial charge in [-0.05, 0) is 73.5 Å². The topological polar surface area (TPSA) is 86.8 Å². The maximum atomic E-state index is 14.4. The van der Waals surface area contributed by atoms with Gasteiger partial charge in [0.1, 0.15) is 12.6 Å². The van der Waals surface area contributed by atoms with Gasteiger partial charge < -0.3 is 10.2 Å². The quantitative estimate of drug-likeness (QED) is 0.188. The van der Waals surface area contributed by atoms with Gasteiger partial charge in [0.2, 0.25) is 11.8 Å². The largest absolute Gasteiger partial charge is 0.355 e. The van der Waals surface area contributed by atoms with Crippen molar-refractivity contribution in [3.05, 3.63) is 129 Å². The molecule has 43 heavy (non-hydrogen) atoms. The maximum absolute atomic E-state index is 14.4. The summed E-state index contributed by atoms with van der Waals surface area (Å²) in [6.07, 6.45) is 0.251. The molecule has 4 aromatic rings. The van der Waals surface area contributed by atoms with Crippen LogP contribution in [-0.4, -0.2) is 44.3 Å². The standard InChI is InChI=1S/C33H33BrClN3O4S/c1-3-36-33(40)31(21-25-8-5-4-6-9-25)37(22-26-10-7-11-27(34)20-26)32(39)23-38(29-16-12-24(2)13-17-29)43(41,42)30-18-14-28(35)15-19-30/h4-20,31H,3,21-23H2,1-2H3,(H,36,40)/t31-/m0/s1. The molecule has 0 bridgehead atoms. The maximum Gasteiger partial charge on any atom is 0.264 e. The first-order valence-corrected chi connectivity index (χ1v) is 16.4. The highest BCUT2D eigenvalue weighted by Crippen LogP contribution is 2.26. The van der Waals surface area contributed by atoms with Crippen molar-refractivity contribution in [3.63, 3.8) is 0 Å². The molecule has 2 amide bonds. The summed E-state index contributed by atoms with van der Waals surface area (Å²) in [7, 11) is -4.19. The smallest absolute Gasteiger partial charge is 0.264 e. The summed E-state index contributed by atoms with van der Waals surface area (Å²) < 4.78 is 29.9. The second-order valence-electron chi connectivity index (χ2n) is 10.1. The van der Waals surface area contributed by atoms with Crippen LogP contribution in [0.5, 0.6) is 0 Å². The van der Waals surface area contributed by atoms with Crippen molar-refractivity contribution in [3.8, 4) is 0 Å². The second-order valence-corrected chi connectivity index (χ2v) is 13.3. The Morgan fingerprint density at radius 3 is 2.16 bits per heavy atom. The highest BCUT2D eigenvalue weighted by Gasteiger charge is 2.34. The number of likely N-dealkylation sites (N-methyl/N-ethyl adjacent to an activating group) is 1. The van der Waals surface area contributed by atoms with E-state index in [0.29, 0.717) is 17.3 Å². The number of rotatable bonds is 12. The van der Waals surface area contributed by atoms with E-state index in [1.807, 2.05) is 68.4 Å². The molecule has 0 aromatic heterocycles. The Bertz CT molecular complexity index is 1650. The first kappa shape index (κ1) is 32.3. The van der Waals surface area contributed by atoms with Gasteiger partial charge in [0.05, 0.1) is 10.6 Å². The van der Waals surface area contributed by atoms with Crippen molar-refractivity contribution in [2.24, 2.45) is 0 Å². The first-order chi connectivity index (χ1) is 20.6. The Morgan fingerprint density at radius 2 is 1.53 bits per heavy atom. The summed E-state index contributed by atoms with van der Waals surface area (Å²) in [5.41, 5.74) is 2.92. The van der Waals surface area contributed by atoms with Gasteiger partial charge in [-0.15, -0.1) is 0 Å². The number of amides is 2. The van der Waals surface area contributed by atoms with Gasteiger partial charge in [-0.2, -0.15) is 0 Å². The summed E-state index contributed by atoms with van der Waals surface area (Å²) in [5, 5.41) is 3.26. The molecule has 1 N–H and O–H groups in total. The number of carbonyl (C=O) groups excluding carboxylic acids is 2. The van der Waals surface area contributed by atoms with E-state index in [4.69, 9.17) is 11.6 Å². The number of benzene rings is 4. The molecule has 0 unspecified atom stereocenters. The van der Waals surface area contributed by atoms with Crippen LogP contribution in [0.25, 0.3) is 0 Å². The van der Waals surface area contributed by atoms with Crippen LogP contribution < -0.4 is 9.62 Å². The number of nitrogens with zero attached hydrogens (tertiary/aromatic N) is 2. The number of hydrogen-bond acceptors (Lipinski definition) is 4. The molecule has 7 nitrogen and oxygen atoms in total. The second kappa shape index (κ2) is 14.7. The van der Waals surface area contributed by atoms with Gasteiger partial charge in [0.15, 0.2) is 0 Å². The Labute approximate surface area is 266 Å². The van der Waals surface area contributed by atoms with Gasteiger partial charge in [-0.3, -0.25) is 13.9 Å². The Balaban J connectivity index is 1.79. The third-order valence-corrected chi connectivity index (χ3v) is 9.40. The minimum absolute atomic E-state index is 0.00613. The SMILES string of the molecule is CCNC(=O)[C@H](Cc1ccccc1)N(Cc1cccc(Br)c1)C(=O)CN(c1ccc(C)cc1)S(=O)(=O)c1ccc(Cl)cc1. The van der Waals surface area contributed by atoms with E-state index < -0.39 is 28.5 Å². The minimum atomic E-state index is -4.19. The molecule has 0 saturated carbocycles. The van der Waals surface area contributed by atoms with Crippen molar-refractivity contribution in [1.82, 2.24) is 10.2 Å². The lowest BCUT2D eigenvalue weighted by molar-refractivity contribution is -0.140. The lowest BCUT2D eigenvalue weighted by atomic mass is 10.0. The minimum Gasteiger partial charge on any atom is -0.355 e. The van der Waals surface area contributed by atoms with E-state index in [1.165, 1.54) is 29.2 Å². The van der Waals surface area contributed by atoms with Crippen LogP contribution in [0.1, 0.15) is 23.6 Å². The fourth-order valence-corrected chi connectivity index (χ4v) is 6.64. The molecule has 0 heterocycles. The molecule has 1 atom stereocenters. The lowest BCUT2D eigenvalue weighted by Crippen LogP contribution is -2.53.